The zero-order valence-corrected chi connectivity index (χ0v) is 14.1. The maximum atomic E-state index is 12.2. The Balaban J connectivity index is 1.89. The van der Waals surface area contributed by atoms with E-state index in [4.69, 9.17) is 4.74 Å². The number of aromatic amines is 1. The lowest BCUT2D eigenvalue weighted by molar-refractivity contribution is -0.0511. The molecule has 1 aliphatic heterocycles. The molecule has 4 N–H and O–H groups in total. The van der Waals surface area contributed by atoms with E-state index >= 15 is 0 Å². The van der Waals surface area contributed by atoms with Crippen molar-refractivity contribution in [2.24, 2.45) is 0 Å². The van der Waals surface area contributed by atoms with Crippen molar-refractivity contribution in [2.75, 3.05) is 6.61 Å². The minimum Gasteiger partial charge on any atom is -0.394 e. The molecule has 0 aliphatic carbocycles. The van der Waals surface area contributed by atoms with Crippen LogP contribution >= 0.6 is 0 Å². The number of aliphatic hydroxyl groups excluding tert-OH is 3. The lowest BCUT2D eigenvalue weighted by Crippen LogP contribution is -2.33. The molecule has 0 aromatic carbocycles. The molecule has 2 aromatic heterocycles. The number of H-pyrrole nitrogens is 1. The van der Waals surface area contributed by atoms with Crippen LogP contribution in [0.5, 0.6) is 0 Å². The highest BCUT2D eigenvalue weighted by atomic mass is 16.6. The molecule has 9 nitrogen and oxygen atoms in total. The molecular formula is C16H24N4O5. The number of nitrogens with one attached hydrogen (secondary N) is 1. The summed E-state index contributed by atoms with van der Waals surface area (Å²) >= 11 is 0. The van der Waals surface area contributed by atoms with Gasteiger partial charge in [0.2, 0.25) is 0 Å². The van der Waals surface area contributed by atoms with Crippen LogP contribution in [-0.4, -0.2) is 59.8 Å². The summed E-state index contributed by atoms with van der Waals surface area (Å²) in [6.45, 7) is 1.71. The zero-order valence-electron chi connectivity index (χ0n) is 14.1. The minimum atomic E-state index is -1.25. The van der Waals surface area contributed by atoms with Gasteiger partial charge in [-0.3, -0.25) is 9.36 Å². The summed E-state index contributed by atoms with van der Waals surface area (Å²) < 4.78 is 6.94. The summed E-state index contributed by atoms with van der Waals surface area (Å²) in [7, 11) is 0. The molecule has 3 heterocycles. The Morgan fingerprint density at radius 2 is 2.08 bits per heavy atom. The number of aryl methyl sites for hydroxylation is 1. The molecule has 3 rings (SSSR count). The van der Waals surface area contributed by atoms with Gasteiger partial charge in [0.05, 0.1) is 12.9 Å². The largest absolute Gasteiger partial charge is 0.394 e. The van der Waals surface area contributed by atoms with Gasteiger partial charge in [-0.1, -0.05) is 26.2 Å². The van der Waals surface area contributed by atoms with Crippen LogP contribution in [0.4, 0.5) is 0 Å². The van der Waals surface area contributed by atoms with Gasteiger partial charge in [0, 0.05) is 6.42 Å². The summed E-state index contributed by atoms with van der Waals surface area (Å²) in [5.74, 6) is 0.557. The molecule has 1 saturated heterocycles. The number of rotatable bonds is 7. The van der Waals surface area contributed by atoms with E-state index in [2.05, 4.69) is 21.9 Å². The first-order valence-electron chi connectivity index (χ1n) is 8.65. The van der Waals surface area contributed by atoms with Gasteiger partial charge in [0.15, 0.2) is 17.4 Å². The molecule has 9 heteroatoms. The van der Waals surface area contributed by atoms with Gasteiger partial charge in [-0.25, -0.2) is 9.97 Å². The number of imidazole rings is 1. The smallest absolute Gasteiger partial charge is 0.279 e. The van der Waals surface area contributed by atoms with Crippen molar-refractivity contribution in [2.45, 2.75) is 63.6 Å². The van der Waals surface area contributed by atoms with E-state index in [0.717, 1.165) is 25.7 Å². The van der Waals surface area contributed by atoms with Crippen molar-refractivity contribution in [3.8, 4) is 0 Å². The third-order valence-corrected chi connectivity index (χ3v) is 4.54. The molecule has 4 unspecified atom stereocenters. The van der Waals surface area contributed by atoms with E-state index in [-0.39, 0.29) is 11.1 Å². The van der Waals surface area contributed by atoms with Crippen LogP contribution in [0.25, 0.3) is 11.2 Å². The fourth-order valence-corrected chi connectivity index (χ4v) is 3.11. The molecule has 1 fully saturated rings. The zero-order chi connectivity index (χ0) is 18.0. The first-order chi connectivity index (χ1) is 12.1. The summed E-state index contributed by atoms with van der Waals surface area (Å²) in [6, 6.07) is 0. The van der Waals surface area contributed by atoms with Crippen molar-refractivity contribution in [3.05, 3.63) is 22.5 Å². The molecule has 0 amide bonds. The molecular weight excluding hydrogens is 328 g/mol. The van der Waals surface area contributed by atoms with E-state index in [1.54, 1.807) is 0 Å². The molecule has 25 heavy (non-hydrogen) atoms. The van der Waals surface area contributed by atoms with Gasteiger partial charge in [-0.05, 0) is 6.42 Å². The predicted octanol–water partition coefficient (Wildman–Crippen LogP) is -0.146. The molecule has 0 radical (unpaired) electrons. The first kappa shape index (κ1) is 18.0. The highest BCUT2D eigenvalue weighted by molar-refractivity contribution is 5.69. The molecule has 138 valence electrons. The molecule has 0 saturated carbocycles. The Labute approximate surface area is 144 Å². The topological polar surface area (TPSA) is 133 Å². The van der Waals surface area contributed by atoms with E-state index in [1.807, 2.05) is 0 Å². The Morgan fingerprint density at radius 1 is 1.28 bits per heavy atom. The van der Waals surface area contributed by atoms with Crippen molar-refractivity contribution < 1.29 is 20.1 Å². The Bertz CT molecular complexity index is 773. The van der Waals surface area contributed by atoms with Crippen LogP contribution in [0.3, 0.4) is 0 Å². The van der Waals surface area contributed by atoms with Crippen LogP contribution in [0, 0.1) is 0 Å². The summed E-state index contributed by atoms with van der Waals surface area (Å²) in [5.41, 5.74) is 0.0973. The average Bonchev–Trinajstić information content (AvgIpc) is 3.14. The van der Waals surface area contributed by atoms with Crippen molar-refractivity contribution in [1.29, 1.82) is 0 Å². The first-order valence-corrected chi connectivity index (χ1v) is 8.65. The maximum Gasteiger partial charge on any atom is 0.279 e. The molecule has 0 bridgehead atoms. The number of nitrogens with zero attached hydrogens (tertiary/aromatic N) is 3. The Hall–Kier alpha value is -1.81. The number of aliphatic hydroxyl groups is 3. The number of hydrogen-bond donors (Lipinski definition) is 4. The van der Waals surface area contributed by atoms with Gasteiger partial charge in [-0.2, -0.15) is 0 Å². The summed E-state index contributed by atoms with van der Waals surface area (Å²) in [6.07, 6.45) is 1.92. The minimum absolute atomic E-state index is 0.148. The van der Waals surface area contributed by atoms with E-state index in [9.17, 15) is 20.1 Å². The van der Waals surface area contributed by atoms with Gasteiger partial charge in [0.1, 0.15) is 24.1 Å². The predicted molar refractivity (Wildman–Crippen MR) is 89.0 cm³/mol. The fourth-order valence-electron chi connectivity index (χ4n) is 3.11. The second-order valence-corrected chi connectivity index (χ2v) is 6.38. The van der Waals surface area contributed by atoms with Crippen LogP contribution in [0.15, 0.2) is 11.1 Å². The van der Waals surface area contributed by atoms with Crippen LogP contribution in [-0.2, 0) is 11.2 Å². The second-order valence-electron chi connectivity index (χ2n) is 6.38. The standard InChI is InChI=1S/C16H24N4O5/c1-2-3-4-5-6-10-18-14-11(15(24)19-10)17-8-20(14)16-13(23)12(22)9(7-21)25-16/h8-9,12-13,16,21-23H,2-7H2,1H3,(H,18,19,24). The average molecular weight is 352 g/mol. The summed E-state index contributed by atoms with van der Waals surface area (Å²) in [5, 5.41) is 29.3. The van der Waals surface area contributed by atoms with Crippen molar-refractivity contribution in [3.63, 3.8) is 0 Å². The van der Waals surface area contributed by atoms with E-state index in [0.29, 0.717) is 17.9 Å². The van der Waals surface area contributed by atoms with Crippen LogP contribution in [0.2, 0.25) is 0 Å². The van der Waals surface area contributed by atoms with Gasteiger partial charge < -0.3 is 25.0 Å². The lowest BCUT2D eigenvalue weighted by atomic mass is 10.1. The number of aromatic nitrogens is 4. The van der Waals surface area contributed by atoms with E-state index in [1.165, 1.54) is 10.9 Å². The monoisotopic (exact) mass is 352 g/mol. The number of unbranched alkanes of at least 4 members (excludes halogenated alkanes) is 3. The quantitative estimate of drug-likeness (QED) is 0.509. The maximum absolute atomic E-state index is 12.2. The Morgan fingerprint density at radius 3 is 2.76 bits per heavy atom. The fraction of sp³-hybridized carbons (Fsp3) is 0.688. The van der Waals surface area contributed by atoms with Crippen LogP contribution < -0.4 is 5.56 Å². The molecule has 2 aromatic rings. The Kier molecular flexibility index (Phi) is 5.48. The summed E-state index contributed by atoms with van der Waals surface area (Å²) in [4.78, 5) is 23.5. The van der Waals surface area contributed by atoms with Gasteiger partial charge in [0.25, 0.3) is 5.56 Å². The normalized spacial score (nSPS) is 26.6. The lowest BCUT2D eigenvalue weighted by Gasteiger charge is -2.16. The highest BCUT2D eigenvalue weighted by Crippen LogP contribution is 2.30. The third-order valence-electron chi connectivity index (χ3n) is 4.54. The SMILES string of the molecule is CCCCCCc1nc2c(ncn2C2OC(CO)C(O)C2O)c(=O)[nH]1. The second kappa shape index (κ2) is 7.61. The molecule has 1 aliphatic rings. The highest BCUT2D eigenvalue weighted by Gasteiger charge is 2.44. The van der Waals surface area contributed by atoms with Gasteiger partial charge >= 0.3 is 0 Å². The van der Waals surface area contributed by atoms with Crippen LogP contribution in [0.1, 0.15) is 44.7 Å². The van der Waals surface area contributed by atoms with Crippen molar-refractivity contribution >= 4 is 11.2 Å². The molecule has 0 spiro atoms. The number of hydrogen-bond acceptors (Lipinski definition) is 7. The molecule has 4 atom stereocenters. The van der Waals surface area contributed by atoms with E-state index < -0.39 is 31.1 Å². The third kappa shape index (κ3) is 3.45. The van der Waals surface area contributed by atoms with Crippen molar-refractivity contribution in [1.82, 2.24) is 19.5 Å². The number of ether oxygens (including phenoxy) is 1. The number of fused-ring (bicyclic) bond motifs is 1. The van der Waals surface area contributed by atoms with Gasteiger partial charge in [-0.15, -0.1) is 0 Å².